The molecular weight excluding hydrogens is 205 g/mol. The molecule has 1 aliphatic rings. The number of piperazine rings is 1. The Labute approximate surface area is 94.7 Å². The monoisotopic (exact) mass is 219 g/mol. The largest absolute Gasteiger partial charge is 0.368 e. The van der Waals surface area contributed by atoms with Crippen molar-refractivity contribution in [2.75, 3.05) is 38.1 Å². The highest BCUT2D eigenvalue weighted by molar-refractivity contribution is 5.59. The standard InChI is InChI=1S/C12H14FN3/c1-15-4-6-16(7-5-15)12-3-2-11(13)8-10(12)9-14/h2-3,8H,4-7H2,1H3. The fourth-order valence-corrected chi connectivity index (χ4v) is 1.92. The van der Waals surface area contributed by atoms with Crippen LogP contribution in [0.15, 0.2) is 18.2 Å². The Morgan fingerprint density at radius 1 is 1.25 bits per heavy atom. The van der Waals surface area contributed by atoms with Gasteiger partial charge >= 0.3 is 0 Å². The van der Waals surface area contributed by atoms with E-state index in [1.165, 1.54) is 12.1 Å². The molecule has 84 valence electrons. The molecule has 2 rings (SSSR count). The number of benzene rings is 1. The van der Waals surface area contributed by atoms with Gasteiger partial charge in [0, 0.05) is 26.2 Å². The minimum Gasteiger partial charge on any atom is -0.368 e. The van der Waals surface area contributed by atoms with Crippen LogP contribution >= 0.6 is 0 Å². The maximum Gasteiger partial charge on any atom is 0.124 e. The van der Waals surface area contributed by atoms with E-state index in [2.05, 4.69) is 16.8 Å². The third-order valence-electron chi connectivity index (χ3n) is 2.92. The number of rotatable bonds is 1. The zero-order valence-corrected chi connectivity index (χ0v) is 9.28. The summed E-state index contributed by atoms with van der Waals surface area (Å²) >= 11 is 0. The van der Waals surface area contributed by atoms with Gasteiger partial charge in [-0.1, -0.05) is 0 Å². The molecule has 1 fully saturated rings. The van der Waals surface area contributed by atoms with Gasteiger partial charge in [0.25, 0.3) is 0 Å². The van der Waals surface area contributed by atoms with Crippen LogP contribution in [0.3, 0.4) is 0 Å². The topological polar surface area (TPSA) is 30.3 Å². The van der Waals surface area contributed by atoms with Gasteiger partial charge in [0.05, 0.1) is 11.3 Å². The minimum absolute atomic E-state index is 0.352. The molecule has 0 saturated carbocycles. The summed E-state index contributed by atoms with van der Waals surface area (Å²) in [5.74, 6) is -0.352. The smallest absolute Gasteiger partial charge is 0.124 e. The molecule has 0 unspecified atom stereocenters. The lowest BCUT2D eigenvalue weighted by atomic mass is 10.1. The molecule has 1 saturated heterocycles. The zero-order chi connectivity index (χ0) is 11.5. The maximum absolute atomic E-state index is 13.0. The molecule has 1 heterocycles. The molecule has 1 aromatic carbocycles. The van der Waals surface area contributed by atoms with E-state index in [9.17, 15) is 4.39 Å². The second kappa shape index (κ2) is 4.50. The van der Waals surface area contributed by atoms with Crippen molar-refractivity contribution < 1.29 is 4.39 Å². The number of likely N-dealkylation sites (N-methyl/N-ethyl adjacent to an activating group) is 1. The predicted octanol–water partition coefficient (Wildman–Crippen LogP) is 1.45. The summed E-state index contributed by atoms with van der Waals surface area (Å²) in [6.07, 6.45) is 0. The van der Waals surface area contributed by atoms with Crippen molar-refractivity contribution >= 4 is 5.69 Å². The first-order valence-electron chi connectivity index (χ1n) is 5.34. The third kappa shape index (κ3) is 2.15. The molecule has 1 aliphatic heterocycles. The Hall–Kier alpha value is -1.60. The Bertz CT molecular complexity index is 417. The fraction of sp³-hybridized carbons (Fsp3) is 0.417. The van der Waals surface area contributed by atoms with Crippen molar-refractivity contribution in [1.82, 2.24) is 4.90 Å². The highest BCUT2D eigenvalue weighted by atomic mass is 19.1. The fourth-order valence-electron chi connectivity index (χ4n) is 1.92. The molecule has 0 radical (unpaired) electrons. The van der Waals surface area contributed by atoms with Gasteiger partial charge in [-0.2, -0.15) is 5.26 Å². The number of nitriles is 1. The number of nitrogens with zero attached hydrogens (tertiary/aromatic N) is 3. The molecule has 16 heavy (non-hydrogen) atoms. The van der Waals surface area contributed by atoms with E-state index in [0.717, 1.165) is 31.9 Å². The first-order chi connectivity index (χ1) is 7.70. The Morgan fingerprint density at radius 3 is 2.56 bits per heavy atom. The molecular formula is C12H14FN3. The molecule has 0 N–H and O–H groups in total. The average molecular weight is 219 g/mol. The van der Waals surface area contributed by atoms with Gasteiger partial charge in [0.1, 0.15) is 11.9 Å². The van der Waals surface area contributed by atoms with Crippen LogP contribution in [0.2, 0.25) is 0 Å². The van der Waals surface area contributed by atoms with Crippen LogP contribution in [0.25, 0.3) is 0 Å². The number of hydrogen-bond acceptors (Lipinski definition) is 3. The van der Waals surface area contributed by atoms with E-state index >= 15 is 0 Å². The predicted molar refractivity (Wildman–Crippen MR) is 60.8 cm³/mol. The maximum atomic E-state index is 13.0. The second-order valence-electron chi connectivity index (χ2n) is 4.06. The molecule has 0 aliphatic carbocycles. The molecule has 0 bridgehead atoms. The van der Waals surface area contributed by atoms with Gasteiger partial charge in [-0.15, -0.1) is 0 Å². The minimum atomic E-state index is -0.352. The molecule has 0 spiro atoms. The molecule has 4 heteroatoms. The van der Waals surface area contributed by atoms with E-state index in [1.54, 1.807) is 6.07 Å². The van der Waals surface area contributed by atoms with Crippen LogP contribution in [0.4, 0.5) is 10.1 Å². The van der Waals surface area contributed by atoms with E-state index < -0.39 is 0 Å². The number of halogens is 1. The summed E-state index contributed by atoms with van der Waals surface area (Å²) in [5.41, 5.74) is 1.27. The van der Waals surface area contributed by atoms with Crippen LogP contribution in [-0.2, 0) is 0 Å². The quantitative estimate of drug-likeness (QED) is 0.716. The summed E-state index contributed by atoms with van der Waals surface area (Å²) in [4.78, 5) is 4.38. The van der Waals surface area contributed by atoms with Gasteiger partial charge in [-0.3, -0.25) is 0 Å². The third-order valence-corrected chi connectivity index (χ3v) is 2.92. The highest BCUT2D eigenvalue weighted by Crippen LogP contribution is 2.22. The Morgan fingerprint density at radius 2 is 1.94 bits per heavy atom. The van der Waals surface area contributed by atoms with Gasteiger partial charge in [-0.25, -0.2) is 4.39 Å². The summed E-state index contributed by atoms with van der Waals surface area (Å²) in [7, 11) is 2.08. The van der Waals surface area contributed by atoms with Crippen molar-refractivity contribution in [2.45, 2.75) is 0 Å². The Kier molecular flexibility index (Phi) is 3.07. The summed E-state index contributed by atoms with van der Waals surface area (Å²) in [6, 6.07) is 6.45. The van der Waals surface area contributed by atoms with Crippen molar-refractivity contribution in [3.63, 3.8) is 0 Å². The van der Waals surface area contributed by atoms with E-state index in [1.807, 2.05) is 6.07 Å². The Balaban J connectivity index is 2.24. The van der Waals surface area contributed by atoms with Crippen LogP contribution in [0, 0.1) is 17.1 Å². The highest BCUT2D eigenvalue weighted by Gasteiger charge is 2.17. The van der Waals surface area contributed by atoms with Crippen LogP contribution in [0.5, 0.6) is 0 Å². The van der Waals surface area contributed by atoms with E-state index in [-0.39, 0.29) is 5.82 Å². The van der Waals surface area contributed by atoms with Gasteiger partial charge in [-0.05, 0) is 25.2 Å². The van der Waals surface area contributed by atoms with Crippen LogP contribution < -0.4 is 4.90 Å². The van der Waals surface area contributed by atoms with Crippen molar-refractivity contribution in [2.24, 2.45) is 0 Å². The molecule has 0 atom stereocenters. The van der Waals surface area contributed by atoms with Crippen molar-refractivity contribution in [3.05, 3.63) is 29.6 Å². The first-order valence-corrected chi connectivity index (χ1v) is 5.34. The van der Waals surface area contributed by atoms with Crippen molar-refractivity contribution in [3.8, 4) is 6.07 Å². The second-order valence-corrected chi connectivity index (χ2v) is 4.06. The van der Waals surface area contributed by atoms with Crippen molar-refractivity contribution in [1.29, 1.82) is 5.26 Å². The number of anilines is 1. The summed E-state index contributed by atoms with van der Waals surface area (Å²) in [5, 5.41) is 8.97. The molecule has 0 aromatic heterocycles. The number of hydrogen-bond donors (Lipinski definition) is 0. The first kappa shape index (κ1) is 10.9. The van der Waals surface area contributed by atoms with Gasteiger partial charge in [0.15, 0.2) is 0 Å². The van der Waals surface area contributed by atoms with E-state index in [4.69, 9.17) is 5.26 Å². The SMILES string of the molecule is CN1CCN(c2ccc(F)cc2C#N)CC1. The van der Waals surface area contributed by atoms with Gasteiger partial charge in [0.2, 0.25) is 0 Å². The lowest BCUT2D eigenvalue weighted by molar-refractivity contribution is 0.313. The molecule has 1 aromatic rings. The van der Waals surface area contributed by atoms with E-state index in [0.29, 0.717) is 5.56 Å². The molecule has 3 nitrogen and oxygen atoms in total. The average Bonchev–Trinajstić information content (AvgIpc) is 2.30. The van der Waals surface area contributed by atoms with Gasteiger partial charge < -0.3 is 9.80 Å². The summed E-state index contributed by atoms with van der Waals surface area (Å²) in [6.45, 7) is 3.72. The summed E-state index contributed by atoms with van der Waals surface area (Å²) < 4.78 is 13.0. The lowest BCUT2D eigenvalue weighted by Crippen LogP contribution is -2.44. The lowest BCUT2D eigenvalue weighted by Gasteiger charge is -2.34. The van der Waals surface area contributed by atoms with Crippen LogP contribution in [0.1, 0.15) is 5.56 Å². The normalized spacial score (nSPS) is 17.2. The molecule has 0 amide bonds. The van der Waals surface area contributed by atoms with Crippen LogP contribution in [-0.4, -0.2) is 38.1 Å². The zero-order valence-electron chi connectivity index (χ0n) is 9.28.